The number of rotatable bonds is 12. The summed E-state index contributed by atoms with van der Waals surface area (Å²) in [7, 11) is 1.60. The molecule has 1 amide bonds. The number of anilines is 1. The minimum absolute atomic E-state index is 0.102. The molecule has 4 aromatic rings. The van der Waals surface area contributed by atoms with Gasteiger partial charge in [0.2, 0.25) is 0 Å². The van der Waals surface area contributed by atoms with Crippen LogP contribution in [0, 0.1) is 11.8 Å². The van der Waals surface area contributed by atoms with Gasteiger partial charge in [0.25, 0.3) is 0 Å². The summed E-state index contributed by atoms with van der Waals surface area (Å²) >= 11 is 13.1. The fourth-order valence-corrected chi connectivity index (χ4v) is 8.76. The Bertz CT molecular complexity index is 1920. The van der Waals surface area contributed by atoms with E-state index in [0.29, 0.717) is 55.8 Å². The lowest BCUT2D eigenvalue weighted by atomic mass is 10.0. The molecule has 2 aliphatic carbocycles. The van der Waals surface area contributed by atoms with Gasteiger partial charge in [-0.3, -0.25) is 19.8 Å². The molecule has 5 heterocycles. The number of methoxy groups -OCH3 is 1. The Morgan fingerprint density at radius 1 is 0.962 bits per heavy atom. The number of hydrogen-bond donors (Lipinski definition) is 0. The Morgan fingerprint density at radius 2 is 1.75 bits per heavy atom. The number of benzene rings is 2. The van der Waals surface area contributed by atoms with Gasteiger partial charge in [-0.25, -0.2) is 9.59 Å². The molecule has 3 unspecified atom stereocenters. The van der Waals surface area contributed by atoms with Crippen molar-refractivity contribution in [3.05, 3.63) is 112 Å². The van der Waals surface area contributed by atoms with Crippen molar-refractivity contribution < 1.29 is 28.5 Å². The third-order valence-electron chi connectivity index (χ3n) is 11.0. The van der Waals surface area contributed by atoms with E-state index in [2.05, 4.69) is 14.9 Å². The first-order chi connectivity index (χ1) is 25.3. The van der Waals surface area contributed by atoms with Crippen molar-refractivity contribution in [2.75, 3.05) is 31.6 Å². The van der Waals surface area contributed by atoms with E-state index in [9.17, 15) is 9.59 Å². The molecule has 4 bridgehead atoms. The zero-order chi connectivity index (χ0) is 35.8. The van der Waals surface area contributed by atoms with Gasteiger partial charge in [-0.05, 0) is 91.7 Å². The van der Waals surface area contributed by atoms with Gasteiger partial charge < -0.3 is 18.9 Å². The topological polar surface area (TPSA) is 103 Å². The maximum atomic E-state index is 13.8. The van der Waals surface area contributed by atoms with Crippen molar-refractivity contribution in [1.82, 2.24) is 14.9 Å². The molecule has 5 aliphatic rings. The number of carbonyl (C=O) groups excluding carboxylic acids is 2. The quantitative estimate of drug-likeness (QED) is 0.133. The number of piperidine rings is 3. The van der Waals surface area contributed by atoms with Crippen LogP contribution in [0.25, 0.3) is 0 Å². The van der Waals surface area contributed by atoms with E-state index >= 15 is 0 Å². The molecule has 0 spiro atoms. The number of halogens is 2. The molecule has 270 valence electrons. The third kappa shape index (κ3) is 6.91. The summed E-state index contributed by atoms with van der Waals surface area (Å²) in [5, 5.41) is 0.751. The number of hydrogen-bond acceptors (Lipinski definition) is 9. The number of amides is 1. The van der Waals surface area contributed by atoms with Crippen molar-refractivity contribution in [3.8, 4) is 11.5 Å². The Balaban J connectivity index is 1.01. The minimum Gasteiger partial charge on any atom is -0.493 e. The standard InChI is InChI=1S/C40H40Cl2N4O6/c1-49-35-13-12-27(17-37(35)50-29-6-2-3-7-29)36(18-30-33(41)20-44-21-34(30)42)51-38(47)26-10-8-25(9-11-26)22-46(28-5-4-15-43-19-28)39(48)52-40-24-45-16-14-31(40)32(40)23-45/h4-5,8-13,15,17,19-21,29,31-32,36H,2-3,6-7,14,16,18,22-24H2,1H3/t31?,32?,36-,40+/m0/s1. The zero-order valence-corrected chi connectivity index (χ0v) is 30.4. The van der Waals surface area contributed by atoms with Gasteiger partial charge in [-0.15, -0.1) is 0 Å². The molecular weight excluding hydrogens is 703 g/mol. The molecule has 3 saturated heterocycles. The normalized spacial score (nSPS) is 23.5. The molecular formula is C40H40Cl2N4O6. The van der Waals surface area contributed by atoms with E-state index in [4.69, 9.17) is 42.1 Å². The SMILES string of the molecule is COc1ccc([C@H](Cc2c(Cl)cncc2Cl)OC(=O)c2ccc(CN(C(=O)O[C@]34CN5CCC3C4C5)c3cccnc3)cc2)cc1OC1CCCC1. The van der Waals surface area contributed by atoms with Crippen molar-refractivity contribution in [2.45, 2.75) is 62.9 Å². The van der Waals surface area contributed by atoms with Crippen molar-refractivity contribution in [2.24, 2.45) is 11.8 Å². The van der Waals surface area contributed by atoms with Crippen LogP contribution in [-0.4, -0.2) is 65.4 Å². The van der Waals surface area contributed by atoms with Crippen LogP contribution in [0.15, 0.2) is 79.4 Å². The predicted octanol–water partition coefficient (Wildman–Crippen LogP) is 8.10. The second-order valence-electron chi connectivity index (χ2n) is 14.2. The van der Waals surface area contributed by atoms with E-state index in [1.807, 2.05) is 36.4 Å². The van der Waals surface area contributed by atoms with Gasteiger partial charge >= 0.3 is 12.1 Å². The van der Waals surface area contributed by atoms with Gasteiger partial charge in [-0.2, -0.15) is 0 Å². The molecule has 52 heavy (non-hydrogen) atoms. The average Bonchev–Trinajstić information content (AvgIpc) is 3.42. The largest absolute Gasteiger partial charge is 0.493 e. The smallest absolute Gasteiger partial charge is 0.415 e. The summed E-state index contributed by atoms with van der Waals surface area (Å²) in [6, 6.07) is 16.2. The highest BCUT2D eigenvalue weighted by atomic mass is 35.5. The zero-order valence-electron chi connectivity index (χ0n) is 28.9. The molecule has 3 aliphatic heterocycles. The van der Waals surface area contributed by atoms with Crippen LogP contribution in [0.2, 0.25) is 10.0 Å². The number of carbonyl (C=O) groups is 2. The molecule has 2 saturated carbocycles. The molecule has 9 rings (SSSR count). The highest BCUT2D eigenvalue weighted by molar-refractivity contribution is 6.35. The van der Waals surface area contributed by atoms with Gasteiger partial charge in [-0.1, -0.05) is 41.4 Å². The van der Waals surface area contributed by atoms with E-state index in [0.717, 1.165) is 57.3 Å². The summed E-state index contributed by atoms with van der Waals surface area (Å²) < 4.78 is 24.4. The fraction of sp³-hybridized carbons (Fsp3) is 0.400. The van der Waals surface area contributed by atoms with Crippen LogP contribution in [0.3, 0.4) is 0 Å². The van der Waals surface area contributed by atoms with Gasteiger partial charge in [0.1, 0.15) is 11.7 Å². The average molecular weight is 744 g/mol. The summed E-state index contributed by atoms with van der Waals surface area (Å²) in [5.74, 6) is 1.54. The fourth-order valence-electron chi connectivity index (χ4n) is 8.24. The molecule has 0 N–H and O–H groups in total. The molecule has 12 heteroatoms. The number of ether oxygens (including phenoxy) is 4. The van der Waals surface area contributed by atoms with Crippen LogP contribution in [-0.2, 0) is 22.4 Å². The van der Waals surface area contributed by atoms with Crippen LogP contribution < -0.4 is 14.4 Å². The lowest BCUT2D eigenvalue weighted by Gasteiger charge is -2.31. The number of fused-ring (bicyclic) bond motifs is 1. The van der Waals surface area contributed by atoms with Crippen LogP contribution in [0.4, 0.5) is 10.5 Å². The van der Waals surface area contributed by atoms with E-state index < -0.39 is 12.1 Å². The summed E-state index contributed by atoms with van der Waals surface area (Å²) in [5.41, 5.74) is 2.75. The number of aromatic nitrogens is 2. The lowest BCUT2D eigenvalue weighted by Crippen LogP contribution is -2.42. The minimum atomic E-state index is -0.759. The van der Waals surface area contributed by atoms with E-state index in [1.165, 1.54) is 12.4 Å². The number of esters is 1. The number of pyridine rings is 2. The van der Waals surface area contributed by atoms with Crippen LogP contribution in [0.5, 0.6) is 11.5 Å². The molecule has 2 aromatic carbocycles. The highest BCUT2D eigenvalue weighted by Gasteiger charge is 2.74. The second-order valence-corrected chi connectivity index (χ2v) is 15.0. The monoisotopic (exact) mass is 742 g/mol. The maximum Gasteiger partial charge on any atom is 0.415 e. The highest BCUT2D eigenvalue weighted by Crippen LogP contribution is 2.63. The molecule has 10 nitrogen and oxygen atoms in total. The van der Waals surface area contributed by atoms with Gasteiger partial charge in [0, 0.05) is 49.9 Å². The summed E-state index contributed by atoms with van der Waals surface area (Å²) in [6.45, 7) is 3.12. The summed E-state index contributed by atoms with van der Waals surface area (Å²) in [6.07, 6.45) is 10.8. The first kappa shape index (κ1) is 34.7. The van der Waals surface area contributed by atoms with Crippen LogP contribution in [0.1, 0.15) is 65.3 Å². The van der Waals surface area contributed by atoms with Crippen LogP contribution >= 0.6 is 23.2 Å². The van der Waals surface area contributed by atoms with E-state index in [1.54, 1.807) is 42.6 Å². The Labute approximate surface area is 312 Å². The predicted molar refractivity (Wildman–Crippen MR) is 196 cm³/mol. The summed E-state index contributed by atoms with van der Waals surface area (Å²) in [4.78, 5) is 39.8. The molecule has 2 aromatic heterocycles. The van der Waals surface area contributed by atoms with Gasteiger partial charge in [0.05, 0.1) is 47.3 Å². The van der Waals surface area contributed by atoms with Gasteiger partial charge in [0.15, 0.2) is 11.5 Å². The Kier molecular flexibility index (Phi) is 9.72. The Morgan fingerprint density at radius 3 is 2.40 bits per heavy atom. The molecule has 5 atom stereocenters. The van der Waals surface area contributed by atoms with Crippen molar-refractivity contribution in [1.29, 1.82) is 0 Å². The first-order valence-corrected chi connectivity index (χ1v) is 18.6. The first-order valence-electron chi connectivity index (χ1n) is 17.9. The number of nitrogens with zero attached hydrogens (tertiary/aromatic N) is 4. The second kappa shape index (κ2) is 14.6. The Hall–Kier alpha value is -4.38. The molecule has 0 radical (unpaired) electrons. The van der Waals surface area contributed by atoms with Crippen molar-refractivity contribution in [3.63, 3.8) is 0 Å². The van der Waals surface area contributed by atoms with E-state index in [-0.39, 0.29) is 30.8 Å². The lowest BCUT2D eigenvalue weighted by molar-refractivity contribution is 0.0296. The third-order valence-corrected chi connectivity index (χ3v) is 11.7. The maximum absolute atomic E-state index is 13.8. The molecule has 5 fully saturated rings. The van der Waals surface area contributed by atoms with Crippen molar-refractivity contribution >= 4 is 41.0 Å².